The summed E-state index contributed by atoms with van der Waals surface area (Å²) < 4.78 is 2.36. The molecule has 1 heterocycles. The number of nitrogens with zero attached hydrogens (tertiary/aromatic N) is 2. The fraction of sp³-hybridized carbons (Fsp3) is 0.0294. The molecule has 0 spiro atoms. The molecule has 0 saturated carbocycles. The van der Waals surface area contributed by atoms with E-state index in [4.69, 9.17) is 5.73 Å². The monoisotopic (exact) mass is 475 g/mol. The molecule has 0 unspecified atom stereocenters. The summed E-state index contributed by atoms with van der Waals surface area (Å²) in [5, 5.41) is 14.3. The second-order valence-corrected chi connectivity index (χ2v) is 9.12. The average Bonchev–Trinajstić information content (AvgIpc) is 3.30. The van der Waals surface area contributed by atoms with Crippen LogP contribution in [0.2, 0.25) is 0 Å². The number of aromatic nitrogens is 1. The van der Waals surface area contributed by atoms with Crippen molar-refractivity contribution in [3.8, 4) is 22.9 Å². The summed E-state index contributed by atoms with van der Waals surface area (Å²) in [5.74, 6) is 0. The zero-order chi connectivity index (χ0) is 25.2. The summed E-state index contributed by atoms with van der Waals surface area (Å²) in [4.78, 5) is 0. The maximum atomic E-state index is 9.29. The van der Waals surface area contributed by atoms with Gasteiger partial charge in [-0.1, -0.05) is 84.9 Å². The number of fused-ring (bicyclic) bond motifs is 5. The first-order valence-electron chi connectivity index (χ1n) is 12.4. The zero-order valence-corrected chi connectivity index (χ0v) is 20.3. The Kier molecular flexibility index (Phi) is 5.77. The van der Waals surface area contributed by atoms with Crippen molar-refractivity contribution in [1.29, 1.82) is 5.26 Å². The van der Waals surface area contributed by atoms with Crippen LogP contribution in [0.15, 0.2) is 133 Å². The fourth-order valence-electron chi connectivity index (χ4n) is 5.19. The van der Waals surface area contributed by atoms with Crippen LogP contribution in [0.1, 0.15) is 5.56 Å². The smallest absolute Gasteiger partial charge is 0.0988 e. The lowest BCUT2D eigenvalue weighted by molar-refractivity contribution is 1.18. The Morgan fingerprint density at radius 3 is 2.38 bits per heavy atom. The molecule has 0 aliphatic heterocycles. The van der Waals surface area contributed by atoms with Gasteiger partial charge in [0.05, 0.1) is 17.1 Å². The number of hydrogen-bond donors (Lipinski definition) is 1. The van der Waals surface area contributed by atoms with Crippen molar-refractivity contribution in [2.45, 2.75) is 6.42 Å². The molecule has 2 N–H and O–H groups in total. The number of para-hydroxylation sites is 1. The van der Waals surface area contributed by atoms with Crippen LogP contribution >= 0.6 is 0 Å². The summed E-state index contributed by atoms with van der Waals surface area (Å²) in [6.07, 6.45) is 5.60. The summed E-state index contributed by atoms with van der Waals surface area (Å²) in [6.45, 7) is 0. The lowest BCUT2D eigenvalue weighted by Gasteiger charge is -2.08. The van der Waals surface area contributed by atoms with Gasteiger partial charge in [0.25, 0.3) is 0 Å². The van der Waals surface area contributed by atoms with Gasteiger partial charge in [0.1, 0.15) is 0 Å². The van der Waals surface area contributed by atoms with Gasteiger partial charge < -0.3 is 10.3 Å². The second kappa shape index (κ2) is 9.53. The molecule has 0 bridgehead atoms. The van der Waals surface area contributed by atoms with Crippen molar-refractivity contribution >= 4 is 32.6 Å². The van der Waals surface area contributed by atoms with Gasteiger partial charge in [0.15, 0.2) is 0 Å². The Bertz CT molecular complexity index is 1860. The Balaban J connectivity index is 1.55. The van der Waals surface area contributed by atoms with Gasteiger partial charge in [-0.15, -0.1) is 0 Å². The average molecular weight is 476 g/mol. The highest BCUT2D eigenvalue weighted by molar-refractivity contribution is 6.21. The largest absolute Gasteiger partial charge is 0.405 e. The van der Waals surface area contributed by atoms with Crippen LogP contribution in [0, 0.1) is 11.3 Å². The molecule has 176 valence electrons. The third-order valence-electron chi connectivity index (χ3n) is 6.89. The highest BCUT2D eigenvalue weighted by atomic mass is 15.0. The highest BCUT2D eigenvalue weighted by Crippen LogP contribution is 2.38. The molecule has 6 rings (SSSR count). The van der Waals surface area contributed by atoms with Crippen molar-refractivity contribution < 1.29 is 0 Å². The zero-order valence-electron chi connectivity index (χ0n) is 20.3. The van der Waals surface area contributed by atoms with Crippen LogP contribution in [0.3, 0.4) is 0 Å². The molecule has 0 amide bonds. The minimum absolute atomic E-state index is 0.565. The molecule has 5 aromatic carbocycles. The predicted octanol–water partition coefficient (Wildman–Crippen LogP) is 8.07. The van der Waals surface area contributed by atoms with Crippen LogP contribution in [-0.4, -0.2) is 4.57 Å². The van der Waals surface area contributed by atoms with E-state index in [9.17, 15) is 5.26 Å². The summed E-state index contributed by atoms with van der Waals surface area (Å²) >= 11 is 0. The summed E-state index contributed by atoms with van der Waals surface area (Å²) in [6, 6.07) is 41.1. The molecule has 37 heavy (non-hydrogen) atoms. The number of nitrogens with two attached hydrogens (primary N) is 1. The van der Waals surface area contributed by atoms with Gasteiger partial charge in [-0.2, -0.15) is 5.26 Å². The quantitative estimate of drug-likeness (QED) is 0.202. The van der Waals surface area contributed by atoms with Gasteiger partial charge in [-0.3, -0.25) is 0 Å². The lowest BCUT2D eigenvalue weighted by atomic mass is 9.98. The summed E-state index contributed by atoms with van der Waals surface area (Å²) in [7, 11) is 0. The molecule has 3 heteroatoms. The molecule has 0 aliphatic carbocycles. The van der Waals surface area contributed by atoms with Gasteiger partial charge in [-0.05, 0) is 76.5 Å². The number of allylic oxidation sites excluding steroid dienone is 3. The van der Waals surface area contributed by atoms with E-state index < -0.39 is 0 Å². The Morgan fingerprint density at radius 2 is 1.54 bits per heavy atom. The van der Waals surface area contributed by atoms with Crippen LogP contribution < -0.4 is 5.73 Å². The maximum absolute atomic E-state index is 9.29. The van der Waals surface area contributed by atoms with Crippen LogP contribution in [0.25, 0.3) is 49.4 Å². The minimum atomic E-state index is 0.565. The third-order valence-corrected chi connectivity index (χ3v) is 6.89. The van der Waals surface area contributed by atoms with Crippen molar-refractivity contribution in [2.24, 2.45) is 5.73 Å². The Morgan fingerprint density at radius 1 is 0.757 bits per heavy atom. The van der Waals surface area contributed by atoms with E-state index in [1.54, 1.807) is 6.08 Å². The van der Waals surface area contributed by atoms with E-state index in [0.717, 1.165) is 16.8 Å². The normalized spacial score (nSPS) is 12.0. The van der Waals surface area contributed by atoms with Crippen molar-refractivity contribution in [3.63, 3.8) is 0 Å². The van der Waals surface area contributed by atoms with Crippen LogP contribution in [-0.2, 0) is 6.42 Å². The third kappa shape index (κ3) is 4.05. The molecular weight excluding hydrogens is 450 g/mol. The summed E-state index contributed by atoms with van der Waals surface area (Å²) in [5.41, 5.74) is 13.0. The highest BCUT2D eigenvalue weighted by Gasteiger charge is 2.15. The van der Waals surface area contributed by atoms with E-state index in [0.29, 0.717) is 12.0 Å². The van der Waals surface area contributed by atoms with Crippen LogP contribution in [0.5, 0.6) is 0 Å². The minimum Gasteiger partial charge on any atom is -0.405 e. The first-order valence-corrected chi connectivity index (χ1v) is 12.4. The van der Waals surface area contributed by atoms with E-state index in [1.807, 2.05) is 6.08 Å². The molecule has 0 aliphatic rings. The molecule has 6 aromatic rings. The first-order chi connectivity index (χ1) is 18.3. The molecule has 0 saturated heterocycles. The molecular formula is C34H25N3. The number of nitriles is 1. The second-order valence-electron chi connectivity index (χ2n) is 9.12. The molecule has 3 nitrogen and oxygen atoms in total. The van der Waals surface area contributed by atoms with E-state index >= 15 is 0 Å². The lowest BCUT2D eigenvalue weighted by Crippen LogP contribution is -1.93. The molecule has 1 aromatic heterocycles. The molecule has 0 fully saturated rings. The Labute approximate surface area is 216 Å². The molecule has 0 radical (unpaired) electrons. The fourth-order valence-corrected chi connectivity index (χ4v) is 5.19. The van der Waals surface area contributed by atoms with Gasteiger partial charge in [0, 0.05) is 22.0 Å². The Hall–Kier alpha value is -5.07. The number of benzene rings is 5. The van der Waals surface area contributed by atoms with Crippen molar-refractivity contribution in [1.82, 2.24) is 4.57 Å². The van der Waals surface area contributed by atoms with Crippen molar-refractivity contribution in [2.75, 3.05) is 0 Å². The molecule has 0 atom stereocenters. The topological polar surface area (TPSA) is 54.7 Å². The number of hydrogen-bond acceptors (Lipinski definition) is 2. The SMILES string of the molecule is N#CC(/C=C\N)=C/Cc1cccc(-c2ccc3c(c2)c2c4ccccc4ccc2n3-c2ccccc2)c1. The van der Waals surface area contributed by atoms with Gasteiger partial charge >= 0.3 is 0 Å². The van der Waals surface area contributed by atoms with Gasteiger partial charge in [-0.25, -0.2) is 0 Å². The van der Waals surface area contributed by atoms with E-state index in [2.05, 4.69) is 120 Å². The van der Waals surface area contributed by atoms with E-state index in [-0.39, 0.29) is 0 Å². The number of rotatable bonds is 5. The standard InChI is InChI=1S/C34H25N3/c35-20-19-25(23-36)14-13-24-7-6-9-27(21-24)28-16-17-32-31(22-28)34-30-12-5-4-8-26(30)15-18-33(34)37(32)29-10-2-1-3-11-29/h1-12,14-22H,13,35H2/b20-19-,25-14+. The van der Waals surface area contributed by atoms with Gasteiger partial charge in [0.2, 0.25) is 0 Å². The van der Waals surface area contributed by atoms with E-state index in [1.165, 1.54) is 44.3 Å². The predicted molar refractivity (Wildman–Crippen MR) is 154 cm³/mol. The van der Waals surface area contributed by atoms with Crippen molar-refractivity contribution in [3.05, 3.63) is 139 Å². The maximum Gasteiger partial charge on any atom is 0.0988 e. The van der Waals surface area contributed by atoms with Crippen LogP contribution in [0.4, 0.5) is 0 Å². The first kappa shape index (κ1) is 22.4.